The third-order valence-corrected chi connectivity index (χ3v) is 9.69. The number of carboxylic acids is 1. The number of aliphatic hydroxyl groups is 1. The molecule has 0 radical (unpaired) electrons. The van der Waals surface area contributed by atoms with Gasteiger partial charge in [-0.15, -0.1) is 11.6 Å². The summed E-state index contributed by atoms with van der Waals surface area (Å²) in [5.41, 5.74) is 3.13. The SMILES string of the molecule is CCN(CC)C(=O)CCCOC1(COc2cc(OCc3ccc4nonc4c3)c(CNC(CO)C(=O)O)cc2Cl)C=CC=C(c2ccccc2)C1Cl. The van der Waals surface area contributed by atoms with Gasteiger partial charge in [0.05, 0.1) is 17.0 Å². The lowest BCUT2D eigenvalue weighted by atomic mass is 9.86. The highest BCUT2D eigenvalue weighted by molar-refractivity contribution is 6.32. The number of alkyl halides is 1. The van der Waals surface area contributed by atoms with E-state index in [1.807, 2.05) is 68.5 Å². The van der Waals surface area contributed by atoms with Crippen molar-refractivity contribution in [2.75, 3.05) is 32.9 Å². The van der Waals surface area contributed by atoms with Crippen LogP contribution >= 0.6 is 23.2 Å². The number of carbonyl (C=O) groups is 2. The second kappa shape index (κ2) is 18.3. The van der Waals surface area contributed by atoms with Gasteiger partial charge in [0, 0.05) is 44.3 Å². The summed E-state index contributed by atoms with van der Waals surface area (Å²) >= 11 is 14.0. The van der Waals surface area contributed by atoms with Gasteiger partial charge in [-0.05, 0) is 71.6 Å². The van der Waals surface area contributed by atoms with Crippen LogP contribution in [0.2, 0.25) is 5.02 Å². The highest BCUT2D eigenvalue weighted by atomic mass is 35.5. The number of aromatic nitrogens is 2. The fourth-order valence-electron chi connectivity index (χ4n) is 5.82. The van der Waals surface area contributed by atoms with Crippen LogP contribution in [0.4, 0.5) is 0 Å². The minimum atomic E-state index is -1.20. The number of aliphatic carboxylic acids is 1. The average molecular weight is 754 g/mol. The summed E-state index contributed by atoms with van der Waals surface area (Å²) in [5, 5.41) is 29.1. The first-order valence-electron chi connectivity index (χ1n) is 17.0. The number of carboxylic acid groups (broad SMARTS) is 1. The quantitative estimate of drug-likeness (QED) is 0.0759. The van der Waals surface area contributed by atoms with E-state index in [1.165, 1.54) is 0 Å². The zero-order chi connectivity index (χ0) is 37.1. The van der Waals surface area contributed by atoms with Gasteiger partial charge in [-0.2, -0.15) is 0 Å². The molecule has 0 saturated carbocycles. The number of benzene rings is 3. The zero-order valence-corrected chi connectivity index (χ0v) is 30.5. The van der Waals surface area contributed by atoms with E-state index in [0.717, 1.165) is 16.7 Å². The summed E-state index contributed by atoms with van der Waals surface area (Å²) in [6.45, 7) is 4.94. The smallest absolute Gasteiger partial charge is 0.323 e. The van der Waals surface area contributed by atoms with Gasteiger partial charge >= 0.3 is 5.97 Å². The summed E-state index contributed by atoms with van der Waals surface area (Å²) in [7, 11) is 0. The van der Waals surface area contributed by atoms with Crippen LogP contribution in [0.25, 0.3) is 16.6 Å². The van der Waals surface area contributed by atoms with Crippen molar-refractivity contribution >= 4 is 51.7 Å². The van der Waals surface area contributed by atoms with Crippen LogP contribution in [-0.2, 0) is 27.5 Å². The number of nitrogens with one attached hydrogen (secondary N) is 1. The molecule has 276 valence electrons. The van der Waals surface area contributed by atoms with Gasteiger partial charge in [-0.1, -0.05) is 60.2 Å². The minimum absolute atomic E-state index is 0.0239. The number of aliphatic hydroxyl groups excluding tert-OH is 1. The Kier molecular flexibility index (Phi) is 13.7. The van der Waals surface area contributed by atoms with Crippen LogP contribution < -0.4 is 14.8 Å². The van der Waals surface area contributed by atoms with Gasteiger partial charge in [0.25, 0.3) is 0 Å². The van der Waals surface area contributed by atoms with E-state index >= 15 is 0 Å². The predicted octanol–water partition coefficient (Wildman–Crippen LogP) is 6.03. The van der Waals surface area contributed by atoms with Crippen molar-refractivity contribution in [1.29, 1.82) is 0 Å². The summed E-state index contributed by atoms with van der Waals surface area (Å²) in [6.07, 6.45) is 6.52. The van der Waals surface area contributed by atoms with Gasteiger partial charge in [0.1, 0.15) is 47.4 Å². The van der Waals surface area contributed by atoms with E-state index in [9.17, 15) is 19.8 Å². The largest absolute Gasteiger partial charge is 0.488 e. The van der Waals surface area contributed by atoms with Crippen molar-refractivity contribution in [1.82, 2.24) is 20.5 Å². The summed E-state index contributed by atoms with van der Waals surface area (Å²) in [4.78, 5) is 26.0. The maximum atomic E-state index is 12.7. The topological polar surface area (TPSA) is 156 Å². The van der Waals surface area contributed by atoms with E-state index in [2.05, 4.69) is 15.6 Å². The molecular weight excluding hydrogens is 711 g/mol. The lowest BCUT2D eigenvalue weighted by Gasteiger charge is -2.38. The zero-order valence-electron chi connectivity index (χ0n) is 29.0. The Hall–Kier alpha value is -4.46. The number of rotatable bonds is 19. The first-order valence-corrected chi connectivity index (χ1v) is 17.9. The number of ether oxygens (including phenoxy) is 3. The van der Waals surface area contributed by atoms with Crippen LogP contribution in [0.5, 0.6) is 11.5 Å². The molecule has 3 unspecified atom stereocenters. The molecule has 5 rings (SSSR count). The molecular formula is C38H42Cl2N4O8. The van der Waals surface area contributed by atoms with Crippen molar-refractivity contribution in [2.45, 2.75) is 56.9 Å². The van der Waals surface area contributed by atoms with Crippen molar-refractivity contribution in [3.05, 3.63) is 101 Å². The Morgan fingerprint density at radius 3 is 2.54 bits per heavy atom. The first kappa shape index (κ1) is 38.8. The third kappa shape index (κ3) is 9.50. The third-order valence-electron chi connectivity index (χ3n) is 8.79. The van der Waals surface area contributed by atoms with E-state index in [1.54, 1.807) is 29.2 Å². The maximum absolute atomic E-state index is 12.7. The van der Waals surface area contributed by atoms with E-state index in [-0.39, 0.29) is 43.0 Å². The lowest BCUT2D eigenvalue weighted by molar-refractivity contribution is -0.140. The number of carbonyl (C=O) groups excluding carboxylic acids is 1. The molecule has 1 heterocycles. The second-order valence-corrected chi connectivity index (χ2v) is 13.0. The van der Waals surface area contributed by atoms with Crippen molar-refractivity contribution in [3.63, 3.8) is 0 Å². The number of amides is 1. The Morgan fingerprint density at radius 1 is 1.04 bits per heavy atom. The summed E-state index contributed by atoms with van der Waals surface area (Å²) in [5.74, 6) is -0.496. The molecule has 3 atom stereocenters. The van der Waals surface area contributed by atoms with Crippen LogP contribution in [0.1, 0.15) is 43.4 Å². The van der Waals surface area contributed by atoms with Crippen LogP contribution in [0.15, 0.2) is 83.5 Å². The second-order valence-electron chi connectivity index (χ2n) is 12.2. The summed E-state index contributed by atoms with van der Waals surface area (Å²) < 4.78 is 24.0. The van der Waals surface area contributed by atoms with E-state index in [0.29, 0.717) is 48.3 Å². The van der Waals surface area contributed by atoms with Crippen LogP contribution in [0, 0.1) is 0 Å². The van der Waals surface area contributed by atoms with Crippen molar-refractivity contribution < 1.29 is 38.6 Å². The molecule has 0 aliphatic heterocycles. The number of nitrogens with zero attached hydrogens (tertiary/aromatic N) is 3. The molecule has 0 saturated heterocycles. The molecule has 1 aliphatic carbocycles. The highest BCUT2D eigenvalue weighted by Gasteiger charge is 2.42. The fourth-order valence-corrected chi connectivity index (χ4v) is 6.45. The molecule has 52 heavy (non-hydrogen) atoms. The predicted molar refractivity (Wildman–Crippen MR) is 197 cm³/mol. The molecule has 4 aromatic rings. The molecule has 0 bridgehead atoms. The first-order chi connectivity index (χ1) is 25.2. The molecule has 3 N–H and O–H groups in total. The molecule has 1 aromatic heterocycles. The number of fused-ring (bicyclic) bond motifs is 1. The number of halogens is 2. The normalized spacial score (nSPS) is 17.5. The average Bonchev–Trinajstić information content (AvgIpc) is 3.62. The lowest BCUT2D eigenvalue weighted by Crippen LogP contribution is -2.47. The Bertz CT molecular complexity index is 1880. The Labute approximate surface area is 311 Å². The molecule has 1 amide bonds. The van der Waals surface area contributed by atoms with Crippen LogP contribution in [0.3, 0.4) is 0 Å². The molecule has 3 aromatic carbocycles. The van der Waals surface area contributed by atoms with Gasteiger partial charge < -0.3 is 29.3 Å². The van der Waals surface area contributed by atoms with Crippen molar-refractivity contribution in [2.24, 2.45) is 0 Å². The van der Waals surface area contributed by atoms with Gasteiger partial charge in [-0.25, -0.2) is 4.63 Å². The van der Waals surface area contributed by atoms with Gasteiger partial charge in [-0.3, -0.25) is 14.9 Å². The molecule has 14 heteroatoms. The molecule has 1 aliphatic rings. The van der Waals surface area contributed by atoms with Gasteiger partial charge in [0.2, 0.25) is 5.91 Å². The van der Waals surface area contributed by atoms with Gasteiger partial charge in [0.15, 0.2) is 0 Å². The van der Waals surface area contributed by atoms with E-state index < -0.39 is 29.6 Å². The standard InChI is InChI=1S/C38H42Cl2N4O8/c1-3-44(4-2)35(46)13-9-17-51-38(16-8-12-28(36(38)40)26-10-6-5-7-11-26)24-50-34-20-33(27(19-29(34)39)21-41-32(22-45)37(47)48)49-23-25-14-15-30-31(18-25)43-52-42-30/h5-8,10-12,14-16,18-20,32,36,41,45H,3-4,9,13,17,21-24H2,1-2H3,(H,47,48). The summed E-state index contributed by atoms with van der Waals surface area (Å²) in [6, 6.07) is 17.2. The number of hydrogen-bond acceptors (Lipinski definition) is 10. The minimum Gasteiger partial charge on any atom is -0.488 e. The molecule has 12 nitrogen and oxygen atoms in total. The number of hydrogen-bond donors (Lipinski definition) is 3. The van der Waals surface area contributed by atoms with E-state index in [4.69, 9.17) is 42.0 Å². The van der Waals surface area contributed by atoms with Crippen molar-refractivity contribution in [3.8, 4) is 11.5 Å². The monoisotopic (exact) mass is 752 g/mol. The highest BCUT2D eigenvalue weighted by Crippen LogP contribution is 2.40. The molecule has 0 fully saturated rings. The Morgan fingerprint density at radius 2 is 1.81 bits per heavy atom. The Balaban J connectivity index is 1.39. The fraction of sp³-hybridized carbons (Fsp3) is 0.368. The molecule has 0 spiro atoms. The van der Waals surface area contributed by atoms with Crippen LogP contribution in [-0.4, -0.2) is 87.2 Å². The number of allylic oxidation sites excluding steroid dienone is 2. The maximum Gasteiger partial charge on any atom is 0.323 e.